The van der Waals surface area contributed by atoms with Crippen LogP contribution in [0.1, 0.15) is 33.1 Å². The molecule has 0 unspecified atom stereocenters. The van der Waals surface area contributed by atoms with Gasteiger partial charge in [-0.05, 0) is 24.7 Å². The highest BCUT2D eigenvalue weighted by molar-refractivity contribution is 5.82. The van der Waals surface area contributed by atoms with Crippen molar-refractivity contribution in [1.82, 2.24) is 4.90 Å². The minimum atomic E-state index is -0.442. The molecule has 1 aliphatic heterocycles. The molecule has 2 amide bonds. The van der Waals surface area contributed by atoms with Crippen LogP contribution in [0, 0.1) is 11.8 Å². The van der Waals surface area contributed by atoms with Gasteiger partial charge in [0.25, 0.3) is 0 Å². The molecule has 17 heavy (non-hydrogen) atoms. The highest BCUT2D eigenvalue weighted by atomic mass is 16.2. The minimum absolute atomic E-state index is 0.00540. The van der Waals surface area contributed by atoms with E-state index in [9.17, 15) is 9.59 Å². The van der Waals surface area contributed by atoms with Crippen molar-refractivity contribution in [3.05, 3.63) is 0 Å². The average Bonchev–Trinajstić information content (AvgIpc) is 2.26. The number of likely N-dealkylation sites (tertiary alicyclic amines) is 1. The van der Waals surface area contributed by atoms with E-state index in [-0.39, 0.29) is 23.7 Å². The number of primary amides is 1. The van der Waals surface area contributed by atoms with Crippen molar-refractivity contribution < 1.29 is 9.59 Å². The first-order chi connectivity index (χ1) is 7.91. The molecule has 5 heteroatoms. The molecule has 2 atom stereocenters. The number of rotatable bonds is 4. The van der Waals surface area contributed by atoms with E-state index in [0.717, 1.165) is 19.4 Å². The lowest BCUT2D eigenvalue weighted by molar-refractivity contribution is -0.136. The highest BCUT2D eigenvalue weighted by Gasteiger charge is 2.28. The Morgan fingerprint density at radius 2 is 2.06 bits per heavy atom. The second-order valence-electron chi connectivity index (χ2n) is 5.23. The molecule has 5 nitrogen and oxygen atoms in total. The number of nitrogens with two attached hydrogens (primary N) is 2. The Hall–Kier alpha value is -1.10. The largest absolute Gasteiger partial charge is 0.370 e. The molecular formula is C12H23N3O2. The average molecular weight is 241 g/mol. The molecule has 1 aliphatic rings. The molecule has 0 aliphatic carbocycles. The fraction of sp³-hybridized carbons (Fsp3) is 0.833. The van der Waals surface area contributed by atoms with Gasteiger partial charge in [0.1, 0.15) is 0 Å². The zero-order valence-corrected chi connectivity index (χ0v) is 10.7. The second kappa shape index (κ2) is 6.00. The van der Waals surface area contributed by atoms with Gasteiger partial charge in [-0.2, -0.15) is 0 Å². The third kappa shape index (κ3) is 4.00. The summed E-state index contributed by atoms with van der Waals surface area (Å²) < 4.78 is 0. The Labute approximate surface area is 103 Å². The summed E-state index contributed by atoms with van der Waals surface area (Å²) in [5, 5.41) is 0. The zero-order chi connectivity index (χ0) is 13.0. The maximum absolute atomic E-state index is 12.1. The first-order valence-electron chi connectivity index (χ1n) is 6.24. The maximum Gasteiger partial charge on any atom is 0.239 e. The Balaban J connectivity index is 2.54. The summed E-state index contributed by atoms with van der Waals surface area (Å²) >= 11 is 0. The lowest BCUT2D eigenvalue weighted by Gasteiger charge is -2.34. The molecule has 0 radical (unpaired) electrons. The van der Waals surface area contributed by atoms with Crippen molar-refractivity contribution in [2.45, 2.75) is 39.2 Å². The summed E-state index contributed by atoms with van der Waals surface area (Å²) in [5.74, 6) is 0.0372. The monoisotopic (exact) mass is 241 g/mol. The number of carbonyl (C=O) groups is 2. The first-order valence-corrected chi connectivity index (χ1v) is 6.24. The fourth-order valence-electron chi connectivity index (χ4n) is 2.21. The maximum atomic E-state index is 12.1. The number of piperidine rings is 1. The van der Waals surface area contributed by atoms with Crippen LogP contribution in [-0.2, 0) is 9.59 Å². The van der Waals surface area contributed by atoms with Gasteiger partial charge in [-0.15, -0.1) is 0 Å². The van der Waals surface area contributed by atoms with Crippen molar-refractivity contribution in [3.8, 4) is 0 Å². The van der Waals surface area contributed by atoms with Crippen LogP contribution in [0.5, 0.6) is 0 Å². The number of amides is 2. The van der Waals surface area contributed by atoms with Crippen LogP contribution in [0.25, 0.3) is 0 Å². The topological polar surface area (TPSA) is 89.4 Å². The number of hydrogen-bond acceptors (Lipinski definition) is 3. The summed E-state index contributed by atoms with van der Waals surface area (Å²) in [4.78, 5) is 24.7. The van der Waals surface area contributed by atoms with Crippen molar-refractivity contribution in [3.63, 3.8) is 0 Å². The number of hydrogen-bond donors (Lipinski definition) is 2. The molecule has 1 saturated heterocycles. The molecular weight excluding hydrogens is 218 g/mol. The molecule has 0 spiro atoms. The summed E-state index contributed by atoms with van der Waals surface area (Å²) in [6.45, 7) is 5.23. The summed E-state index contributed by atoms with van der Waals surface area (Å²) in [7, 11) is 0. The van der Waals surface area contributed by atoms with Crippen molar-refractivity contribution in [2.24, 2.45) is 23.3 Å². The van der Waals surface area contributed by atoms with E-state index in [1.807, 2.05) is 13.8 Å². The zero-order valence-electron chi connectivity index (χ0n) is 10.7. The van der Waals surface area contributed by atoms with E-state index >= 15 is 0 Å². The van der Waals surface area contributed by atoms with E-state index in [1.165, 1.54) is 0 Å². The van der Waals surface area contributed by atoms with Crippen molar-refractivity contribution in [2.75, 3.05) is 13.1 Å². The smallest absolute Gasteiger partial charge is 0.239 e. The van der Waals surface area contributed by atoms with E-state index in [1.54, 1.807) is 4.90 Å². The van der Waals surface area contributed by atoms with Crippen LogP contribution >= 0.6 is 0 Å². The quantitative estimate of drug-likeness (QED) is 0.730. The van der Waals surface area contributed by atoms with E-state index in [2.05, 4.69) is 0 Å². The summed E-state index contributed by atoms with van der Waals surface area (Å²) in [6, 6.07) is -0.442. The van der Waals surface area contributed by atoms with Gasteiger partial charge in [-0.25, -0.2) is 0 Å². The van der Waals surface area contributed by atoms with Crippen LogP contribution in [0.15, 0.2) is 0 Å². The number of nitrogens with zero attached hydrogens (tertiary/aromatic N) is 1. The highest BCUT2D eigenvalue weighted by Crippen LogP contribution is 2.20. The number of carbonyl (C=O) groups excluding carboxylic acids is 2. The molecule has 0 aromatic rings. The Morgan fingerprint density at radius 1 is 1.41 bits per heavy atom. The lowest BCUT2D eigenvalue weighted by Crippen LogP contribution is -2.50. The standard InChI is InChI=1S/C12H23N3O2/c1-8(2)11(14)12(17)15-5-3-4-9(7-15)6-10(13)16/h8-9,11H,3-7,14H2,1-2H3,(H2,13,16)/t9-,11-/m0/s1. The predicted molar refractivity (Wildman–Crippen MR) is 65.9 cm³/mol. The van der Waals surface area contributed by atoms with Gasteiger partial charge in [0.05, 0.1) is 6.04 Å². The van der Waals surface area contributed by atoms with E-state index < -0.39 is 6.04 Å². The van der Waals surface area contributed by atoms with Crippen LogP contribution < -0.4 is 11.5 Å². The fourth-order valence-corrected chi connectivity index (χ4v) is 2.21. The molecule has 1 rings (SSSR count). The van der Waals surface area contributed by atoms with Crippen LogP contribution in [0.4, 0.5) is 0 Å². The van der Waals surface area contributed by atoms with Gasteiger partial charge in [-0.1, -0.05) is 13.8 Å². The van der Waals surface area contributed by atoms with Gasteiger partial charge >= 0.3 is 0 Å². The third-order valence-corrected chi connectivity index (χ3v) is 3.32. The first kappa shape index (κ1) is 14.0. The molecule has 0 bridgehead atoms. The normalized spacial score (nSPS) is 22.6. The summed E-state index contributed by atoms with van der Waals surface area (Å²) in [5.41, 5.74) is 11.0. The van der Waals surface area contributed by atoms with Crippen LogP contribution in [-0.4, -0.2) is 35.8 Å². The Morgan fingerprint density at radius 3 is 2.59 bits per heavy atom. The molecule has 98 valence electrons. The Kier molecular flexibility index (Phi) is 4.93. The van der Waals surface area contributed by atoms with Crippen LogP contribution in [0.2, 0.25) is 0 Å². The molecule has 1 heterocycles. The van der Waals surface area contributed by atoms with Gasteiger partial charge < -0.3 is 16.4 Å². The molecule has 0 aromatic heterocycles. The van der Waals surface area contributed by atoms with Gasteiger partial charge in [0.2, 0.25) is 11.8 Å². The van der Waals surface area contributed by atoms with E-state index in [4.69, 9.17) is 11.5 Å². The van der Waals surface area contributed by atoms with Gasteiger partial charge in [0, 0.05) is 19.5 Å². The predicted octanol–water partition coefficient (Wildman–Crippen LogP) is 0.0837. The molecule has 0 saturated carbocycles. The SMILES string of the molecule is CC(C)[C@H](N)C(=O)N1CCC[C@@H](CC(N)=O)C1. The lowest BCUT2D eigenvalue weighted by atomic mass is 9.93. The van der Waals surface area contributed by atoms with Gasteiger partial charge in [-0.3, -0.25) is 9.59 Å². The van der Waals surface area contributed by atoms with Crippen molar-refractivity contribution in [1.29, 1.82) is 0 Å². The van der Waals surface area contributed by atoms with Crippen LogP contribution in [0.3, 0.4) is 0 Å². The summed E-state index contributed by atoms with van der Waals surface area (Å²) in [6.07, 6.45) is 2.25. The second-order valence-corrected chi connectivity index (χ2v) is 5.23. The molecule has 4 N–H and O–H groups in total. The van der Waals surface area contributed by atoms with Gasteiger partial charge in [0.15, 0.2) is 0 Å². The van der Waals surface area contributed by atoms with E-state index in [0.29, 0.717) is 13.0 Å². The third-order valence-electron chi connectivity index (χ3n) is 3.32. The Bertz CT molecular complexity index is 291. The molecule has 1 fully saturated rings. The van der Waals surface area contributed by atoms with Crippen molar-refractivity contribution >= 4 is 11.8 Å². The molecule has 0 aromatic carbocycles. The minimum Gasteiger partial charge on any atom is -0.370 e.